The van der Waals surface area contributed by atoms with Gasteiger partial charge >= 0.3 is 0 Å². The largest absolute Gasteiger partial charge is 0.494 e. The molecule has 0 fully saturated rings. The first-order chi connectivity index (χ1) is 12.8. The number of ketones is 1. The van der Waals surface area contributed by atoms with Gasteiger partial charge in [-0.15, -0.1) is 11.3 Å². The molecule has 0 spiro atoms. The van der Waals surface area contributed by atoms with Crippen LogP contribution in [0.1, 0.15) is 22.2 Å². The molecule has 0 radical (unpaired) electrons. The molecule has 26 heavy (non-hydrogen) atoms. The molecule has 0 atom stereocenters. The zero-order valence-electron chi connectivity index (χ0n) is 14.4. The lowest BCUT2D eigenvalue weighted by Crippen LogP contribution is -2.01. The molecule has 4 aromatic rings. The molecule has 0 saturated heterocycles. The second kappa shape index (κ2) is 7.14. The third-order valence-electron chi connectivity index (χ3n) is 4.27. The molecule has 0 aliphatic heterocycles. The number of hydrogen-bond acceptors (Lipinski definition) is 3. The monoisotopic (exact) mass is 358 g/mol. The Labute approximate surface area is 156 Å². The number of fused-ring (bicyclic) bond motifs is 1. The fourth-order valence-electron chi connectivity index (χ4n) is 3.12. The van der Waals surface area contributed by atoms with Crippen LogP contribution in [0.5, 0.6) is 5.75 Å². The highest BCUT2D eigenvalue weighted by Gasteiger charge is 2.21. The van der Waals surface area contributed by atoms with Crippen LogP contribution in [0.2, 0.25) is 0 Å². The molecule has 1 heterocycles. The lowest BCUT2D eigenvalue weighted by molar-refractivity contribution is 0.104. The Hall–Kier alpha value is -2.91. The zero-order valence-corrected chi connectivity index (χ0v) is 15.3. The smallest absolute Gasteiger partial charge is 0.203 e. The first kappa shape index (κ1) is 16.6. The van der Waals surface area contributed by atoms with Crippen LogP contribution < -0.4 is 4.74 Å². The van der Waals surface area contributed by atoms with Crippen LogP contribution >= 0.6 is 11.3 Å². The molecule has 0 N–H and O–H groups in total. The van der Waals surface area contributed by atoms with Gasteiger partial charge in [-0.1, -0.05) is 60.7 Å². The number of hydrogen-bond donors (Lipinski definition) is 0. The number of ether oxygens (including phenoxy) is 1. The zero-order chi connectivity index (χ0) is 17.9. The Morgan fingerprint density at radius 1 is 0.923 bits per heavy atom. The minimum Gasteiger partial charge on any atom is -0.494 e. The summed E-state index contributed by atoms with van der Waals surface area (Å²) in [5, 5.41) is 1.12. The number of rotatable bonds is 5. The highest BCUT2D eigenvalue weighted by Crippen LogP contribution is 2.40. The third-order valence-corrected chi connectivity index (χ3v) is 5.44. The highest BCUT2D eigenvalue weighted by molar-refractivity contribution is 7.21. The van der Waals surface area contributed by atoms with Crippen LogP contribution in [0.15, 0.2) is 78.9 Å². The summed E-state index contributed by atoms with van der Waals surface area (Å²) in [6, 6.07) is 25.7. The summed E-state index contributed by atoms with van der Waals surface area (Å²) in [7, 11) is 0. The molecule has 1 aromatic heterocycles. The molecule has 0 aliphatic carbocycles. The average Bonchev–Trinajstić information content (AvgIpc) is 3.08. The summed E-state index contributed by atoms with van der Waals surface area (Å²) in [5.41, 5.74) is 2.73. The van der Waals surface area contributed by atoms with E-state index >= 15 is 0 Å². The molecule has 3 heteroatoms. The SMILES string of the molecule is CCOc1cccc(C(=O)c2sc3ccccc3c2-c2ccccc2)c1. The van der Waals surface area contributed by atoms with Crippen molar-refractivity contribution in [2.75, 3.05) is 6.61 Å². The van der Waals surface area contributed by atoms with E-state index in [1.807, 2.05) is 61.5 Å². The summed E-state index contributed by atoms with van der Waals surface area (Å²) < 4.78 is 6.68. The quantitative estimate of drug-likeness (QED) is 0.397. The van der Waals surface area contributed by atoms with Gasteiger partial charge in [0.1, 0.15) is 5.75 Å². The van der Waals surface area contributed by atoms with Crippen LogP contribution in [0.25, 0.3) is 21.2 Å². The fraction of sp³-hybridized carbons (Fsp3) is 0.0870. The topological polar surface area (TPSA) is 26.3 Å². The number of carbonyl (C=O) groups is 1. The van der Waals surface area contributed by atoms with Gasteiger partial charge in [-0.05, 0) is 30.7 Å². The summed E-state index contributed by atoms with van der Waals surface area (Å²) in [4.78, 5) is 14.1. The first-order valence-corrected chi connectivity index (χ1v) is 9.44. The van der Waals surface area contributed by atoms with Gasteiger partial charge in [0.25, 0.3) is 0 Å². The molecule has 0 unspecified atom stereocenters. The minimum atomic E-state index is 0.0339. The molecule has 3 aromatic carbocycles. The van der Waals surface area contributed by atoms with E-state index < -0.39 is 0 Å². The predicted molar refractivity (Wildman–Crippen MR) is 108 cm³/mol. The van der Waals surface area contributed by atoms with Crippen molar-refractivity contribution >= 4 is 27.2 Å². The maximum absolute atomic E-state index is 13.3. The maximum atomic E-state index is 13.3. The van der Waals surface area contributed by atoms with E-state index in [1.165, 1.54) is 0 Å². The van der Waals surface area contributed by atoms with Crippen molar-refractivity contribution in [1.82, 2.24) is 0 Å². The summed E-state index contributed by atoms with van der Waals surface area (Å²) in [5.74, 6) is 0.757. The van der Waals surface area contributed by atoms with E-state index in [0.29, 0.717) is 12.2 Å². The summed E-state index contributed by atoms with van der Waals surface area (Å²) in [6.45, 7) is 2.52. The molecule has 0 aliphatic rings. The second-order valence-corrected chi connectivity index (χ2v) is 7.01. The Balaban J connectivity index is 1.89. The van der Waals surface area contributed by atoms with Crippen LogP contribution in [-0.2, 0) is 0 Å². The van der Waals surface area contributed by atoms with Gasteiger partial charge in [-0.2, -0.15) is 0 Å². The van der Waals surface area contributed by atoms with Gasteiger partial charge in [0.15, 0.2) is 0 Å². The van der Waals surface area contributed by atoms with Gasteiger partial charge in [0, 0.05) is 21.2 Å². The van der Waals surface area contributed by atoms with Crippen molar-refractivity contribution < 1.29 is 9.53 Å². The molecular weight excluding hydrogens is 340 g/mol. The Bertz CT molecular complexity index is 1060. The van der Waals surface area contributed by atoms with Crippen LogP contribution in [0, 0.1) is 0 Å². The second-order valence-electron chi connectivity index (χ2n) is 5.96. The van der Waals surface area contributed by atoms with E-state index in [0.717, 1.165) is 31.8 Å². The van der Waals surface area contributed by atoms with E-state index in [-0.39, 0.29) is 5.78 Å². The molecular formula is C23H18O2S. The Kier molecular flexibility index (Phi) is 4.55. The molecule has 2 nitrogen and oxygen atoms in total. The fourth-order valence-corrected chi connectivity index (χ4v) is 4.31. The third kappa shape index (κ3) is 3.02. The van der Waals surface area contributed by atoms with Crippen molar-refractivity contribution in [1.29, 1.82) is 0 Å². The lowest BCUT2D eigenvalue weighted by atomic mass is 9.98. The number of benzene rings is 3. The average molecular weight is 358 g/mol. The summed E-state index contributed by atoms with van der Waals surface area (Å²) >= 11 is 1.55. The number of carbonyl (C=O) groups excluding carboxylic acids is 1. The van der Waals surface area contributed by atoms with Crippen LogP contribution in [0.4, 0.5) is 0 Å². The van der Waals surface area contributed by atoms with E-state index in [4.69, 9.17) is 4.74 Å². The highest BCUT2D eigenvalue weighted by atomic mass is 32.1. The molecule has 128 valence electrons. The van der Waals surface area contributed by atoms with Crippen molar-refractivity contribution in [2.24, 2.45) is 0 Å². The van der Waals surface area contributed by atoms with Crippen LogP contribution in [0.3, 0.4) is 0 Å². The molecule has 4 rings (SSSR count). The van der Waals surface area contributed by atoms with E-state index in [1.54, 1.807) is 11.3 Å². The summed E-state index contributed by atoms with van der Waals surface area (Å²) in [6.07, 6.45) is 0. The van der Waals surface area contributed by atoms with Crippen molar-refractivity contribution in [3.8, 4) is 16.9 Å². The van der Waals surface area contributed by atoms with Gasteiger partial charge in [-0.25, -0.2) is 0 Å². The van der Waals surface area contributed by atoms with E-state index in [2.05, 4.69) is 24.3 Å². The van der Waals surface area contributed by atoms with Crippen molar-refractivity contribution in [3.05, 3.63) is 89.3 Å². The normalized spacial score (nSPS) is 10.8. The Morgan fingerprint density at radius 2 is 1.69 bits per heavy atom. The Morgan fingerprint density at radius 3 is 2.50 bits per heavy atom. The molecule has 0 saturated carbocycles. The standard InChI is InChI=1S/C23H18O2S/c1-2-25-18-12-8-11-17(15-18)22(24)23-21(16-9-4-3-5-10-16)19-13-6-7-14-20(19)26-23/h3-15H,2H2,1H3. The van der Waals surface area contributed by atoms with Crippen molar-refractivity contribution in [3.63, 3.8) is 0 Å². The van der Waals surface area contributed by atoms with Gasteiger partial charge in [-0.3, -0.25) is 4.79 Å². The van der Waals surface area contributed by atoms with Crippen LogP contribution in [-0.4, -0.2) is 12.4 Å². The van der Waals surface area contributed by atoms with Gasteiger partial charge in [0.2, 0.25) is 5.78 Å². The van der Waals surface area contributed by atoms with E-state index in [9.17, 15) is 4.79 Å². The molecule has 0 bridgehead atoms. The number of thiophene rings is 1. The maximum Gasteiger partial charge on any atom is 0.203 e. The molecule has 0 amide bonds. The van der Waals surface area contributed by atoms with Gasteiger partial charge < -0.3 is 4.74 Å². The predicted octanol–water partition coefficient (Wildman–Crippen LogP) is 6.20. The lowest BCUT2D eigenvalue weighted by Gasteiger charge is -2.07. The first-order valence-electron chi connectivity index (χ1n) is 8.62. The van der Waals surface area contributed by atoms with Gasteiger partial charge in [0.05, 0.1) is 11.5 Å². The van der Waals surface area contributed by atoms with Crippen molar-refractivity contribution in [2.45, 2.75) is 6.92 Å². The minimum absolute atomic E-state index is 0.0339.